The molecule has 170 valence electrons. The second-order valence-corrected chi connectivity index (χ2v) is 8.15. The molecule has 4 nitrogen and oxygen atoms in total. The molecule has 0 aliphatic heterocycles. The van der Waals surface area contributed by atoms with E-state index in [1.807, 2.05) is 66.7 Å². The van der Waals surface area contributed by atoms with Gasteiger partial charge in [-0.05, 0) is 34.4 Å². The number of rotatable bonds is 8. The zero-order chi connectivity index (χ0) is 23.8. The smallest absolute Gasteiger partial charge is 0.337 e. The predicted octanol–water partition coefficient (Wildman–Crippen LogP) is 5.51. The maximum atomic E-state index is 13.4. The van der Waals surface area contributed by atoms with E-state index < -0.39 is 5.41 Å². The Morgan fingerprint density at radius 2 is 1.12 bits per heavy atom. The van der Waals surface area contributed by atoms with E-state index in [2.05, 4.69) is 41.7 Å². The lowest BCUT2D eigenvalue weighted by atomic mass is 9.67. The Balaban J connectivity index is 1.65. The molecule has 0 atom stereocenters. The number of ether oxygens (including phenoxy) is 1. The molecule has 34 heavy (non-hydrogen) atoms. The van der Waals surface area contributed by atoms with Crippen LogP contribution in [0.15, 0.2) is 115 Å². The van der Waals surface area contributed by atoms with Gasteiger partial charge in [-0.25, -0.2) is 4.79 Å². The first-order chi connectivity index (χ1) is 16.6. The van der Waals surface area contributed by atoms with Crippen LogP contribution in [-0.2, 0) is 21.5 Å². The summed E-state index contributed by atoms with van der Waals surface area (Å²) in [6.07, 6.45) is 0.255. The third kappa shape index (κ3) is 4.91. The lowest BCUT2D eigenvalue weighted by Crippen LogP contribution is -2.37. The van der Waals surface area contributed by atoms with E-state index in [4.69, 9.17) is 4.74 Å². The summed E-state index contributed by atoms with van der Waals surface area (Å²) in [6, 6.07) is 37.6. The van der Waals surface area contributed by atoms with Crippen molar-refractivity contribution in [3.63, 3.8) is 0 Å². The van der Waals surface area contributed by atoms with E-state index in [0.717, 1.165) is 22.3 Å². The average Bonchev–Trinajstić information content (AvgIpc) is 2.92. The Labute approximate surface area is 200 Å². The molecule has 0 fully saturated rings. The number of esters is 1. The van der Waals surface area contributed by atoms with Gasteiger partial charge in [-0.2, -0.15) is 0 Å². The monoisotopic (exact) mass is 449 g/mol. The standard InChI is InChI=1S/C30H27NO3/c1-34-29(33)24-19-17-23(18-20-24)22-31-28(32)21-30(25-11-5-2-6-12-25,26-13-7-3-8-14-26)27-15-9-4-10-16-27/h2-20H,21-22H2,1H3,(H,31,32). The first kappa shape index (κ1) is 23.0. The summed E-state index contributed by atoms with van der Waals surface area (Å²) in [6.45, 7) is 0.370. The van der Waals surface area contributed by atoms with Crippen LogP contribution in [0.5, 0.6) is 0 Å². The first-order valence-corrected chi connectivity index (χ1v) is 11.2. The van der Waals surface area contributed by atoms with E-state index in [-0.39, 0.29) is 18.3 Å². The van der Waals surface area contributed by atoms with Crippen LogP contribution in [0.3, 0.4) is 0 Å². The molecule has 0 radical (unpaired) electrons. The van der Waals surface area contributed by atoms with Gasteiger partial charge in [0.25, 0.3) is 0 Å². The van der Waals surface area contributed by atoms with Gasteiger partial charge in [0.05, 0.1) is 18.1 Å². The maximum Gasteiger partial charge on any atom is 0.337 e. The summed E-state index contributed by atoms with van der Waals surface area (Å²) >= 11 is 0. The number of methoxy groups -OCH3 is 1. The van der Waals surface area contributed by atoms with Crippen molar-refractivity contribution in [1.29, 1.82) is 0 Å². The van der Waals surface area contributed by atoms with Gasteiger partial charge in [-0.1, -0.05) is 103 Å². The quantitative estimate of drug-likeness (QED) is 0.285. The molecule has 0 aliphatic rings. The Morgan fingerprint density at radius 3 is 1.53 bits per heavy atom. The summed E-state index contributed by atoms with van der Waals surface area (Å²) in [5.41, 5.74) is 3.93. The van der Waals surface area contributed by atoms with Gasteiger partial charge in [0, 0.05) is 13.0 Å². The Kier molecular flexibility index (Phi) is 7.19. The number of carbonyl (C=O) groups excluding carboxylic acids is 2. The highest BCUT2D eigenvalue weighted by Gasteiger charge is 2.38. The lowest BCUT2D eigenvalue weighted by molar-refractivity contribution is -0.122. The van der Waals surface area contributed by atoms with Crippen LogP contribution in [0.2, 0.25) is 0 Å². The normalized spacial score (nSPS) is 11.0. The van der Waals surface area contributed by atoms with Gasteiger partial charge in [-0.15, -0.1) is 0 Å². The highest BCUT2D eigenvalue weighted by molar-refractivity contribution is 5.89. The van der Waals surface area contributed by atoms with Crippen molar-refractivity contribution < 1.29 is 14.3 Å². The second-order valence-electron chi connectivity index (χ2n) is 8.15. The molecule has 0 aromatic heterocycles. The van der Waals surface area contributed by atoms with E-state index in [0.29, 0.717) is 12.1 Å². The molecule has 4 aromatic rings. The average molecular weight is 450 g/mol. The van der Waals surface area contributed by atoms with Crippen molar-refractivity contribution in [2.75, 3.05) is 7.11 Å². The fourth-order valence-corrected chi connectivity index (χ4v) is 4.35. The molecule has 4 heteroatoms. The predicted molar refractivity (Wildman–Crippen MR) is 133 cm³/mol. The van der Waals surface area contributed by atoms with Crippen LogP contribution >= 0.6 is 0 Å². The highest BCUT2D eigenvalue weighted by Crippen LogP contribution is 2.42. The van der Waals surface area contributed by atoms with E-state index >= 15 is 0 Å². The maximum absolute atomic E-state index is 13.4. The molecule has 0 saturated carbocycles. The van der Waals surface area contributed by atoms with E-state index in [9.17, 15) is 9.59 Å². The van der Waals surface area contributed by atoms with Crippen LogP contribution in [0.4, 0.5) is 0 Å². The second kappa shape index (κ2) is 10.6. The molecule has 0 bridgehead atoms. The number of nitrogens with one attached hydrogen (secondary N) is 1. The summed E-state index contributed by atoms with van der Waals surface area (Å²) < 4.78 is 4.75. The highest BCUT2D eigenvalue weighted by atomic mass is 16.5. The molecule has 0 aliphatic carbocycles. The Hall–Kier alpha value is -4.18. The minimum atomic E-state index is -0.636. The van der Waals surface area contributed by atoms with Crippen molar-refractivity contribution >= 4 is 11.9 Å². The van der Waals surface area contributed by atoms with Crippen molar-refractivity contribution in [3.05, 3.63) is 143 Å². The molecule has 1 amide bonds. The molecule has 4 rings (SSSR count). The summed E-state index contributed by atoms with van der Waals surface area (Å²) in [5, 5.41) is 3.07. The van der Waals surface area contributed by atoms with Crippen molar-refractivity contribution in [3.8, 4) is 0 Å². The first-order valence-electron chi connectivity index (χ1n) is 11.2. The van der Waals surface area contributed by atoms with Crippen LogP contribution in [-0.4, -0.2) is 19.0 Å². The molecule has 0 unspecified atom stereocenters. The Morgan fingerprint density at radius 1 is 0.676 bits per heavy atom. The van der Waals surface area contributed by atoms with Crippen LogP contribution in [0.1, 0.15) is 39.0 Å². The topological polar surface area (TPSA) is 55.4 Å². The van der Waals surface area contributed by atoms with Gasteiger partial charge in [0.2, 0.25) is 5.91 Å². The summed E-state index contributed by atoms with van der Waals surface area (Å²) in [5.74, 6) is -0.442. The van der Waals surface area contributed by atoms with Crippen LogP contribution in [0, 0.1) is 0 Å². The van der Waals surface area contributed by atoms with Gasteiger partial charge in [-0.3, -0.25) is 4.79 Å². The van der Waals surface area contributed by atoms with Gasteiger partial charge >= 0.3 is 5.97 Å². The minimum Gasteiger partial charge on any atom is -0.465 e. The molecular weight excluding hydrogens is 422 g/mol. The fraction of sp³-hybridized carbons (Fsp3) is 0.133. The molecule has 0 spiro atoms. The van der Waals surface area contributed by atoms with Gasteiger partial charge in [0.1, 0.15) is 0 Å². The number of amides is 1. The lowest BCUT2D eigenvalue weighted by Gasteiger charge is -2.35. The third-order valence-corrected chi connectivity index (χ3v) is 6.09. The van der Waals surface area contributed by atoms with Crippen molar-refractivity contribution in [2.24, 2.45) is 0 Å². The Bertz CT molecular complexity index is 1120. The third-order valence-electron chi connectivity index (χ3n) is 6.09. The SMILES string of the molecule is COC(=O)c1ccc(CNC(=O)CC(c2ccccc2)(c2ccccc2)c2ccccc2)cc1. The van der Waals surface area contributed by atoms with Crippen LogP contribution in [0.25, 0.3) is 0 Å². The van der Waals surface area contributed by atoms with Gasteiger partial charge in [0.15, 0.2) is 0 Å². The fourth-order valence-electron chi connectivity index (χ4n) is 4.35. The molecule has 0 saturated heterocycles. The molecule has 1 N–H and O–H groups in total. The number of hydrogen-bond acceptors (Lipinski definition) is 3. The van der Waals surface area contributed by atoms with Crippen LogP contribution < -0.4 is 5.32 Å². The summed E-state index contributed by atoms with van der Waals surface area (Å²) in [7, 11) is 1.36. The van der Waals surface area contributed by atoms with Gasteiger partial charge < -0.3 is 10.1 Å². The number of benzene rings is 4. The van der Waals surface area contributed by atoms with Crippen molar-refractivity contribution in [2.45, 2.75) is 18.4 Å². The largest absolute Gasteiger partial charge is 0.465 e. The van der Waals surface area contributed by atoms with Crippen molar-refractivity contribution in [1.82, 2.24) is 5.32 Å². The number of carbonyl (C=O) groups is 2. The molecule has 4 aromatic carbocycles. The molecular formula is C30H27NO3. The molecule has 0 heterocycles. The zero-order valence-corrected chi connectivity index (χ0v) is 19.1. The number of hydrogen-bond donors (Lipinski definition) is 1. The van der Waals surface area contributed by atoms with E-state index in [1.165, 1.54) is 7.11 Å². The zero-order valence-electron chi connectivity index (χ0n) is 19.1. The van der Waals surface area contributed by atoms with E-state index in [1.54, 1.807) is 12.1 Å². The minimum absolute atomic E-state index is 0.0615. The summed E-state index contributed by atoms with van der Waals surface area (Å²) in [4.78, 5) is 25.0.